The smallest absolute Gasteiger partial charge is 0.328 e. The second-order valence-electron chi connectivity index (χ2n) is 9.04. The number of methoxy groups -OCH3 is 1. The van der Waals surface area contributed by atoms with Crippen molar-refractivity contribution in [3.8, 4) is 17.2 Å². The van der Waals surface area contributed by atoms with E-state index >= 15 is 0 Å². The summed E-state index contributed by atoms with van der Waals surface area (Å²) < 4.78 is 5.27. The van der Waals surface area contributed by atoms with Crippen molar-refractivity contribution in [1.82, 2.24) is 25.6 Å². The van der Waals surface area contributed by atoms with Crippen LogP contribution in [0.1, 0.15) is 23.6 Å². The van der Waals surface area contributed by atoms with Gasteiger partial charge in [0.1, 0.15) is 33.8 Å². The number of phenolic OH excluding ortho intramolecular Hbond substituents is 1. The van der Waals surface area contributed by atoms with E-state index in [1.165, 1.54) is 10.9 Å². The van der Waals surface area contributed by atoms with Gasteiger partial charge in [-0.3, -0.25) is 20.2 Å². The molecule has 198 valence electrons. The molecular formula is C28H26N6O5. The number of aryl methyl sites for hydroxylation is 1. The number of hydrogen-bond acceptors (Lipinski definition) is 8. The molecule has 2 heterocycles. The van der Waals surface area contributed by atoms with Gasteiger partial charge >= 0.3 is 6.03 Å². The average molecular weight is 527 g/mol. The van der Waals surface area contributed by atoms with E-state index in [0.717, 1.165) is 11.3 Å². The number of anilines is 1. The molecule has 4 amide bonds. The monoisotopic (exact) mass is 526 g/mol. The van der Waals surface area contributed by atoms with Gasteiger partial charge in [0.25, 0.3) is 11.8 Å². The Kier molecular flexibility index (Phi) is 6.72. The number of aromatic hydroxyl groups is 1. The molecule has 4 aromatic rings. The number of carbonyl (C=O) groups is 3. The first-order valence-corrected chi connectivity index (χ1v) is 12.2. The number of nitrogens with zero attached hydrogens (tertiary/aromatic N) is 4. The molecule has 39 heavy (non-hydrogen) atoms. The molecule has 0 aliphatic carbocycles. The van der Waals surface area contributed by atoms with Crippen molar-refractivity contribution in [3.63, 3.8) is 0 Å². The number of rotatable bonds is 7. The molecule has 0 radical (unpaired) electrons. The van der Waals surface area contributed by atoms with E-state index in [9.17, 15) is 19.5 Å². The number of aromatic nitrogens is 3. The molecule has 11 heteroatoms. The molecular weight excluding hydrogens is 500 g/mol. The first kappa shape index (κ1) is 25.5. The van der Waals surface area contributed by atoms with Gasteiger partial charge in [-0.25, -0.2) is 4.79 Å². The molecule has 11 nitrogen and oxygen atoms in total. The molecule has 0 unspecified atom stereocenters. The average Bonchev–Trinajstić information content (AvgIpc) is 3.34. The minimum Gasteiger partial charge on any atom is -0.505 e. The van der Waals surface area contributed by atoms with Crippen molar-refractivity contribution in [3.05, 3.63) is 76.9 Å². The minimum atomic E-state index is -0.838. The van der Waals surface area contributed by atoms with Crippen LogP contribution in [0.15, 0.2) is 60.2 Å². The third kappa shape index (κ3) is 5.14. The Morgan fingerprint density at radius 2 is 1.67 bits per heavy atom. The quantitative estimate of drug-likeness (QED) is 0.247. The Labute approximate surface area is 223 Å². The number of amides is 4. The van der Waals surface area contributed by atoms with E-state index in [1.807, 2.05) is 50.2 Å². The second kappa shape index (κ2) is 10.3. The highest BCUT2D eigenvalue weighted by molar-refractivity contribution is 6.31. The van der Waals surface area contributed by atoms with Crippen LogP contribution >= 0.6 is 0 Å². The van der Waals surface area contributed by atoms with Crippen LogP contribution in [0.4, 0.5) is 10.5 Å². The number of fused-ring (bicyclic) bond motifs is 1. The topological polar surface area (TPSA) is 139 Å². The van der Waals surface area contributed by atoms with Gasteiger partial charge in [-0.05, 0) is 61.4 Å². The summed E-state index contributed by atoms with van der Waals surface area (Å²) in [5.74, 6) is -0.735. The van der Waals surface area contributed by atoms with E-state index in [0.29, 0.717) is 46.7 Å². The lowest BCUT2D eigenvalue weighted by atomic mass is 10.1. The fraction of sp³-hybridized carbons (Fsp3) is 0.179. The predicted octanol–water partition coefficient (Wildman–Crippen LogP) is 3.22. The Morgan fingerprint density at radius 1 is 0.974 bits per heavy atom. The maximum Gasteiger partial charge on any atom is 0.328 e. The van der Waals surface area contributed by atoms with Crippen molar-refractivity contribution in [2.75, 3.05) is 18.6 Å². The summed E-state index contributed by atoms with van der Waals surface area (Å²) in [6.45, 7) is 5.02. The SMILES string of the molecule is CCN(Cc1cc(C)cc(-n2nc3ccc(OC)cc3n2)c1O)c1ccc(C=C2C(=O)NC(=O)NC2=O)cc1. The number of benzene rings is 3. The highest BCUT2D eigenvalue weighted by Gasteiger charge is 2.27. The summed E-state index contributed by atoms with van der Waals surface area (Å²) in [6.07, 6.45) is 1.42. The van der Waals surface area contributed by atoms with E-state index in [1.54, 1.807) is 25.3 Å². The van der Waals surface area contributed by atoms with Crippen molar-refractivity contribution in [1.29, 1.82) is 0 Å². The summed E-state index contributed by atoms with van der Waals surface area (Å²) in [7, 11) is 1.59. The number of imide groups is 2. The lowest BCUT2D eigenvalue weighted by Crippen LogP contribution is -2.51. The molecule has 5 rings (SSSR count). The lowest BCUT2D eigenvalue weighted by Gasteiger charge is -2.24. The van der Waals surface area contributed by atoms with Crippen LogP contribution in [0.2, 0.25) is 0 Å². The molecule has 1 aromatic heterocycles. The standard InChI is InChI=1S/C28H26N6O5/c1-4-33(19-7-5-17(6-8-19)13-21-26(36)29-28(38)30-27(21)37)15-18-11-16(2)12-24(25(18)35)34-31-22-10-9-20(39-3)14-23(22)32-34/h5-14,35H,4,15H2,1-3H3,(H2,29,30,36,37,38). The summed E-state index contributed by atoms with van der Waals surface area (Å²) >= 11 is 0. The van der Waals surface area contributed by atoms with Crippen LogP contribution in [0.25, 0.3) is 22.8 Å². The Bertz CT molecular complexity index is 1620. The van der Waals surface area contributed by atoms with Crippen LogP contribution in [-0.2, 0) is 16.1 Å². The number of nitrogens with one attached hydrogen (secondary N) is 2. The zero-order chi connectivity index (χ0) is 27.7. The number of barbiturate groups is 1. The Hall–Kier alpha value is -5.19. The van der Waals surface area contributed by atoms with Crippen LogP contribution in [-0.4, -0.2) is 51.6 Å². The number of hydrogen-bond donors (Lipinski definition) is 3. The molecule has 1 aliphatic rings. The Morgan fingerprint density at radius 3 is 2.33 bits per heavy atom. The van der Waals surface area contributed by atoms with Gasteiger partial charge < -0.3 is 14.7 Å². The van der Waals surface area contributed by atoms with Crippen molar-refractivity contribution < 1.29 is 24.2 Å². The van der Waals surface area contributed by atoms with Crippen LogP contribution in [0, 0.1) is 6.92 Å². The molecule has 1 aliphatic heterocycles. The van der Waals surface area contributed by atoms with Gasteiger partial charge in [0.15, 0.2) is 0 Å². The Balaban J connectivity index is 1.40. The van der Waals surface area contributed by atoms with Crippen LogP contribution < -0.4 is 20.3 Å². The maximum absolute atomic E-state index is 12.0. The summed E-state index contributed by atoms with van der Waals surface area (Å²) in [5, 5.41) is 24.4. The first-order chi connectivity index (χ1) is 18.7. The zero-order valence-electron chi connectivity index (χ0n) is 21.6. The van der Waals surface area contributed by atoms with Gasteiger partial charge in [0.2, 0.25) is 0 Å². The minimum absolute atomic E-state index is 0.0801. The fourth-order valence-corrected chi connectivity index (χ4v) is 4.38. The number of phenols is 1. The van der Waals surface area contributed by atoms with E-state index in [2.05, 4.69) is 25.7 Å². The van der Waals surface area contributed by atoms with Crippen molar-refractivity contribution >= 4 is 40.6 Å². The molecule has 1 fully saturated rings. The molecule has 0 saturated carbocycles. The fourth-order valence-electron chi connectivity index (χ4n) is 4.38. The summed E-state index contributed by atoms with van der Waals surface area (Å²) in [6, 6.07) is 15.6. The summed E-state index contributed by atoms with van der Waals surface area (Å²) in [4.78, 5) is 38.8. The largest absolute Gasteiger partial charge is 0.505 e. The highest BCUT2D eigenvalue weighted by Crippen LogP contribution is 2.31. The molecule has 0 atom stereocenters. The lowest BCUT2D eigenvalue weighted by molar-refractivity contribution is -0.123. The van der Waals surface area contributed by atoms with Crippen molar-refractivity contribution in [2.45, 2.75) is 20.4 Å². The van der Waals surface area contributed by atoms with E-state index in [4.69, 9.17) is 4.74 Å². The normalized spacial score (nSPS) is 13.3. The van der Waals surface area contributed by atoms with E-state index in [-0.39, 0.29) is 11.3 Å². The van der Waals surface area contributed by atoms with E-state index < -0.39 is 17.8 Å². The third-order valence-electron chi connectivity index (χ3n) is 6.37. The molecule has 0 bridgehead atoms. The highest BCUT2D eigenvalue weighted by atomic mass is 16.5. The third-order valence-corrected chi connectivity index (χ3v) is 6.37. The molecule has 3 aromatic carbocycles. The predicted molar refractivity (Wildman–Crippen MR) is 145 cm³/mol. The van der Waals surface area contributed by atoms with Crippen molar-refractivity contribution in [2.24, 2.45) is 0 Å². The van der Waals surface area contributed by atoms with Gasteiger partial charge in [-0.15, -0.1) is 15.0 Å². The van der Waals surface area contributed by atoms with Gasteiger partial charge in [-0.1, -0.05) is 18.2 Å². The maximum atomic E-state index is 12.0. The first-order valence-electron chi connectivity index (χ1n) is 12.2. The van der Waals surface area contributed by atoms with Gasteiger partial charge in [-0.2, -0.15) is 0 Å². The second-order valence-corrected chi connectivity index (χ2v) is 9.04. The van der Waals surface area contributed by atoms with Gasteiger partial charge in [0.05, 0.1) is 7.11 Å². The summed E-state index contributed by atoms with van der Waals surface area (Å²) in [5.41, 5.74) is 4.80. The van der Waals surface area contributed by atoms with Crippen LogP contribution in [0.5, 0.6) is 11.5 Å². The molecule has 3 N–H and O–H groups in total. The number of urea groups is 1. The number of carbonyl (C=O) groups excluding carboxylic acids is 3. The van der Waals surface area contributed by atoms with Crippen LogP contribution in [0.3, 0.4) is 0 Å². The number of ether oxygens (including phenoxy) is 1. The zero-order valence-corrected chi connectivity index (χ0v) is 21.6. The molecule has 1 saturated heterocycles. The van der Waals surface area contributed by atoms with Gasteiger partial charge in [0, 0.05) is 30.4 Å². The molecule has 0 spiro atoms.